The first kappa shape index (κ1) is 10.2. The molecule has 1 fully saturated rings. The Morgan fingerprint density at radius 2 is 2.08 bits per heavy atom. The van der Waals surface area contributed by atoms with Crippen molar-refractivity contribution in [1.29, 1.82) is 0 Å². The van der Waals surface area contributed by atoms with Gasteiger partial charge in [0.15, 0.2) is 5.78 Å². The van der Waals surface area contributed by atoms with Gasteiger partial charge in [-0.2, -0.15) is 0 Å². The molecular weight excluding hydrogens is 160 g/mol. The average molecular weight is 178 g/mol. The number of rotatable bonds is 3. The van der Waals surface area contributed by atoms with Crippen LogP contribution in [0.2, 0.25) is 0 Å². The highest BCUT2D eigenvalue weighted by Crippen LogP contribution is 2.19. The zero-order valence-corrected chi connectivity index (χ0v) is 8.38. The molecule has 0 aromatic carbocycles. The lowest BCUT2D eigenvalue weighted by molar-refractivity contribution is -0.116. The van der Waals surface area contributed by atoms with Crippen LogP contribution in [0.25, 0.3) is 0 Å². The summed E-state index contributed by atoms with van der Waals surface area (Å²) in [5.41, 5.74) is 1.03. The van der Waals surface area contributed by atoms with E-state index in [1.165, 1.54) is 12.8 Å². The first-order chi connectivity index (χ1) is 6.34. The standard InChI is InChI=1S/C12H18O/c1-2-3-4-5-8-11-9-6-7-10-12(11)13/h4-5,8H,2-3,6-7,9-10H2,1H3/b5-4+,11-8-. The van der Waals surface area contributed by atoms with Crippen molar-refractivity contribution in [3.63, 3.8) is 0 Å². The second-order valence-corrected chi connectivity index (χ2v) is 3.54. The predicted molar refractivity (Wildman–Crippen MR) is 55.6 cm³/mol. The number of ketones is 1. The van der Waals surface area contributed by atoms with Crippen LogP contribution in [-0.2, 0) is 4.79 Å². The molecule has 0 N–H and O–H groups in total. The highest BCUT2D eigenvalue weighted by Gasteiger charge is 2.13. The SMILES string of the molecule is CCC/C=C/C=C1/CCCCC1=O. The fourth-order valence-electron chi connectivity index (χ4n) is 1.52. The van der Waals surface area contributed by atoms with Gasteiger partial charge in [0.25, 0.3) is 0 Å². The molecule has 72 valence electrons. The summed E-state index contributed by atoms with van der Waals surface area (Å²) in [7, 11) is 0. The van der Waals surface area contributed by atoms with Crippen molar-refractivity contribution in [1.82, 2.24) is 0 Å². The molecule has 0 aromatic heterocycles. The zero-order chi connectivity index (χ0) is 9.52. The summed E-state index contributed by atoms with van der Waals surface area (Å²) in [6.07, 6.45) is 12.4. The van der Waals surface area contributed by atoms with Crippen LogP contribution in [0.5, 0.6) is 0 Å². The maximum atomic E-state index is 11.4. The molecule has 1 nitrogen and oxygen atoms in total. The van der Waals surface area contributed by atoms with E-state index in [-0.39, 0.29) is 0 Å². The molecule has 1 saturated carbocycles. The summed E-state index contributed by atoms with van der Waals surface area (Å²) >= 11 is 0. The second-order valence-electron chi connectivity index (χ2n) is 3.54. The summed E-state index contributed by atoms with van der Waals surface area (Å²) in [5, 5.41) is 0. The van der Waals surface area contributed by atoms with E-state index < -0.39 is 0 Å². The number of allylic oxidation sites excluding steroid dienone is 4. The van der Waals surface area contributed by atoms with Gasteiger partial charge in [-0.3, -0.25) is 4.79 Å². The summed E-state index contributed by atoms with van der Waals surface area (Å²) in [4.78, 5) is 11.4. The molecule has 0 radical (unpaired) electrons. The average Bonchev–Trinajstić information content (AvgIpc) is 2.15. The number of hydrogen-bond acceptors (Lipinski definition) is 1. The van der Waals surface area contributed by atoms with Crippen LogP contribution in [0.4, 0.5) is 0 Å². The normalized spacial score (nSPS) is 21.6. The lowest BCUT2D eigenvalue weighted by atomic mass is 9.93. The Bertz CT molecular complexity index is 223. The summed E-state index contributed by atoms with van der Waals surface area (Å²) < 4.78 is 0. The third-order valence-corrected chi connectivity index (χ3v) is 2.35. The van der Waals surface area contributed by atoms with E-state index in [0.717, 1.165) is 31.3 Å². The molecule has 0 amide bonds. The molecule has 1 aliphatic carbocycles. The van der Waals surface area contributed by atoms with Crippen LogP contribution in [0, 0.1) is 0 Å². The van der Waals surface area contributed by atoms with E-state index in [2.05, 4.69) is 13.0 Å². The largest absolute Gasteiger partial charge is 0.295 e. The Morgan fingerprint density at radius 3 is 2.77 bits per heavy atom. The van der Waals surface area contributed by atoms with Crippen molar-refractivity contribution in [3.8, 4) is 0 Å². The van der Waals surface area contributed by atoms with Crippen molar-refractivity contribution in [2.45, 2.75) is 45.4 Å². The second kappa shape index (κ2) is 5.74. The molecule has 0 spiro atoms. The van der Waals surface area contributed by atoms with Crippen molar-refractivity contribution in [2.75, 3.05) is 0 Å². The third kappa shape index (κ3) is 3.58. The van der Waals surface area contributed by atoms with E-state index in [9.17, 15) is 4.79 Å². The lowest BCUT2D eigenvalue weighted by Gasteiger charge is -2.11. The van der Waals surface area contributed by atoms with Gasteiger partial charge < -0.3 is 0 Å². The lowest BCUT2D eigenvalue weighted by Crippen LogP contribution is -2.07. The first-order valence-corrected chi connectivity index (χ1v) is 5.23. The van der Waals surface area contributed by atoms with E-state index >= 15 is 0 Å². The third-order valence-electron chi connectivity index (χ3n) is 2.35. The van der Waals surface area contributed by atoms with Crippen LogP contribution in [-0.4, -0.2) is 5.78 Å². The van der Waals surface area contributed by atoms with Crippen LogP contribution < -0.4 is 0 Å². The molecule has 0 saturated heterocycles. The Balaban J connectivity index is 2.43. The molecule has 0 unspecified atom stereocenters. The molecular formula is C12H18O. The van der Waals surface area contributed by atoms with Gasteiger partial charge in [-0.25, -0.2) is 0 Å². The number of unbranched alkanes of at least 4 members (excludes halogenated alkanes) is 1. The molecule has 0 atom stereocenters. The highest BCUT2D eigenvalue weighted by atomic mass is 16.1. The van der Waals surface area contributed by atoms with Gasteiger partial charge >= 0.3 is 0 Å². The van der Waals surface area contributed by atoms with Crippen LogP contribution >= 0.6 is 0 Å². The molecule has 0 aliphatic heterocycles. The molecule has 1 aliphatic rings. The molecule has 1 rings (SSSR count). The Hall–Kier alpha value is -0.850. The minimum atomic E-state index is 0.354. The minimum absolute atomic E-state index is 0.354. The van der Waals surface area contributed by atoms with Crippen molar-refractivity contribution in [2.24, 2.45) is 0 Å². The fourth-order valence-corrected chi connectivity index (χ4v) is 1.52. The van der Waals surface area contributed by atoms with Gasteiger partial charge in [-0.1, -0.05) is 31.6 Å². The van der Waals surface area contributed by atoms with E-state index in [1.54, 1.807) is 0 Å². The smallest absolute Gasteiger partial charge is 0.158 e. The fraction of sp³-hybridized carbons (Fsp3) is 0.583. The van der Waals surface area contributed by atoms with Gasteiger partial charge in [0, 0.05) is 6.42 Å². The number of Topliss-reactive ketones (excluding diaryl/α,β-unsaturated/α-hetero) is 1. The Morgan fingerprint density at radius 1 is 1.31 bits per heavy atom. The minimum Gasteiger partial charge on any atom is -0.295 e. The van der Waals surface area contributed by atoms with E-state index in [4.69, 9.17) is 0 Å². The summed E-state index contributed by atoms with van der Waals surface area (Å²) in [5.74, 6) is 0.354. The summed E-state index contributed by atoms with van der Waals surface area (Å²) in [6.45, 7) is 2.16. The van der Waals surface area contributed by atoms with Gasteiger partial charge in [0.1, 0.15) is 0 Å². The zero-order valence-electron chi connectivity index (χ0n) is 8.38. The predicted octanol–water partition coefficient (Wildman–Crippen LogP) is 3.41. The molecule has 0 bridgehead atoms. The Kier molecular flexibility index (Phi) is 4.52. The van der Waals surface area contributed by atoms with Crippen molar-refractivity contribution < 1.29 is 4.79 Å². The van der Waals surface area contributed by atoms with E-state index in [1.807, 2.05) is 12.2 Å². The number of carbonyl (C=O) groups excluding carboxylic acids is 1. The van der Waals surface area contributed by atoms with Gasteiger partial charge in [0.2, 0.25) is 0 Å². The number of carbonyl (C=O) groups is 1. The van der Waals surface area contributed by atoms with Crippen LogP contribution in [0.3, 0.4) is 0 Å². The van der Waals surface area contributed by atoms with Crippen LogP contribution in [0.15, 0.2) is 23.8 Å². The van der Waals surface area contributed by atoms with Gasteiger partial charge in [-0.05, 0) is 31.3 Å². The monoisotopic (exact) mass is 178 g/mol. The molecule has 0 aromatic rings. The number of hydrogen-bond donors (Lipinski definition) is 0. The topological polar surface area (TPSA) is 17.1 Å². The summed E-state index contributed by atoms with van der Waals surface area (Å²) in [6, 6.07) is 0. The van der Waals surface area contributed by atoms with Gasteiger partial charge in [0.05, 0.1) is 0 Å². The van der Waals surface area contributed by atoms with Crippen molar-refractivity contribution >= 4 is 5.78 Å². The quantitative estimate of drug-likeness (QED) is 0.605. The molecule has 1 heteroatoms. The van der Waals surface area contributed by atoms with Gasteiger partial charge in [-0.15, -0.1) is 0 Å². The van der Waals surface area contributed by atoms with Crippen molar-refractivity contribution in [3.05, 3.63) is 23.8 Å². The molecule has 0 heterocycles. The van der Waals surface area contributed by atoms with Crippen LogP contribution in [0.1, 0.15) is 45.4 Å². The first-order valence-electron chi connectivity index (χ1n) is 5.23. The van der Waals surface area contributed by atoms with E-state index in [0.29, 0.717) is 5.78 Å². The molecule has 13 heavy (non-hydrogen) atoms. The Labute approximate surface area is 80.5 Å². The maximum Gasteiger partial charge on any atom is 0.158 e. The highest BCUT2D eigenvalue weighted by molar-refractivity contribution is 5.96. The maximum absolute atomic E-state index is 11.4.